The third kappa shape index (κ3) is 3.11. The van der Waals surface area contributed by atoms with E-state index in [1.54, 1.807) is 18.1 Å². The molecule has 0 aliphatic heterocycles. The van der Waals surface area contributed by atoms with Gasteiger partial charge in [-0.15, -0.1) is 22.9 Å². The molecule has 0 atom stereocenters. The molecule has 0 saturated carbocycles. The zero-order valence-electron chi connectivity index (χ0n) is 8.83. The van der Waals surface area contributed by atoms with Gasteiger partial charge in [0.25, 0.3) is 5.91 Å². The Bertz CT molecular complexity index is 327. The van der Waals surface area contributed by atoms with Gasteiger partial charge in [-0.05, 0) is 6.92 Å². The molecule has 1 aromatic heterocycles. The molecule has 1 aromatic rings. The Balaban J connectivity index is 2.73. The first kappa shape index (κ1) is 12.3. The number of hydrogen-bond donors (Lipinski definition) is 0. The molecule has 0 saturated heterocycles. The average molecular weight is 248 g/mol. The Morgan fingerprint density at radius 2 is 2.40 bits per heavy atom. The Kier molecular flexibility index (Phi) is 4.91. The van der Waals surface area contributed by atoms with Crippen LogP contribution >= 0.6 is 22.9 Å². The molecule has 5 heteroatoms. The van der Waals surface area contributed by atoms with Crippen molar-refractivity contribution in [1.82, 2.24) is 4.90 Å². The number of ether oxygens (including phenoxy) is 1. The topological polar surface area (TPSA) is 29.5 Å². The van der Waals surface area contributed by atoms with Crippen LogP contribution in [0.4, 0.5) is 0 Å². The van der Waals surface area contributed by atoms with Crippen molar-refractivity contribution in [2.75, 3.05) is 26.1 Å². The number of alkyl halides is 1. The van der Waals surface area contributed by atoms with Crippen molar-refractivity contribution >= 4 is 28.8 Å². The maximum Gasteiger partial charge on any atom is 0.264 e. The summed E-state index contributed by atoms with van der Waals surface area (Å²) in [6.07, 6.45) is 0. The fourth-order valence-corrected chi connectivity index (χ4v) is 2.22. The van der Waals surface area contributed by atoms with Crippen LogP contribution in [0, 0.1) is 0 Å². The molecule has 0 N–H and O–H groups in total. The minimum absolute atomic E-state index is 0.0199. The first-order valence-electron chi connectivity index (χ1n) is 4.70. The van der Waals surface area contributed by atoms with Crippen LogP contribution in [0.5, 0.6) is 5.75 Å². The Labute approximate surface area is 98.6 Å². The van der Waals surface area contributed by atoms with Gasteiger partial charge in [-0.3, -0.25) is 4.79 Å². The van der Waals surface area contributed by atoms with E-state index in [9.17, 15) is 4.79 Å². The van der Waals surface area contributed by atoms with Gasteiger partial charge < -0.3 is 9.64 Å². The lowest BCUT2D eigenvalue weighted by Crippen LogP contribution is -2.31. The van der Waals surface area contributed by atoms with Gasteiger partial charge in [-0.1, -0.05) is 0 Å². The van der Waals surface area contributed by atoms with E-state index < -0.39 is 0 Å². The van der Waals surface area contributed by atoms with Crippen LogP contribution < -0.4 is 4.74 Å². The van der Waals surface area contributed by atoms with Crippen LogP contribution in [0.15, 0.2) is 11.4 Å². The average Bonchev–Trinajstić information content (AvgIpc) is 2.73. The second kappa shape index (κ2) is 5.98. The molecular weight excluding hydrogens is 234 g/mol. The van der Waals surface area contributed by atoms with Gasteiger partial charge in [-0.2, -0.15) is 0 Å². The van der Waals surface area contributed by atoms with Crippen LogP contribution in [0.2, 0.25) is 0 Å². The summed E-state index contributed by atoms with van der Waals surface area (Å²) in [7, 11) is 1.59. The van der Waals surface area contributed by atoms with Gasteiger partial charge in [0, 0.05) is 30.4 Å². The fraction of sp³-hybridized carbons (Fsp3) is 0.500. The van der Waals surface area contributed by atoms with Gasteiger partial charge in [-0.25, -0.2) is 0 Å². The Morgan fingerprint density at radius 3 is 2.87 bits per heavy atom. The minimum Gasteiger partial charge on any atom is -0.496 e. The first-order chi connectivity index (χ1) is 7.22. The second-order valence-corrected chi connectivity index (χ2v) is 4.21. The van der Waals surface area contributed by atoms with E-state index in [0.29, 0.717) is 23.8 Å². The SMILES string of the molecule is CCN(CCCl)C(=O)c1cc(OC)cs1. The van der Waals surface area contributed by atoms with Crippen LogP contribution in [0.25, 0.3) is 0 Å². The summed E-state index contributed by atoms with van der Waals surface area (Å²) in [5.41, 5.74) is 0. The molecule has 0 spiro atoms. The number of carbonyl (C=O) groups is 1. The highest BCUT2D eigenvalue weighted by Crippen LogP contribution is 2.22. The zero-order chi connectivity index (χ0) is 11.3. The van der Waals surface area contributed by atoms with Crippen molar-refractivity contribution in [2.45, 2.75) is 6.92 Å². The highest BCUT2D eigenvalue weighted by molar-refractivity contribution is 7.12. The van der Waals surface area contributed by atoms with Crippen molar-refractivity contribution < 1.29 is 9.53 Å². The fourth-order valence-electron chi connectivity index (χ4n) is 1.20. The maximum absolute atomic E-state index is 11.9. The van der Waals surface area contributed by atoms with Gasteiger partial charge in [0.2, 0.25) is 0 Å². The van der Waals surface area contributed by atoms with Gasteiger partial charge in [0.1, 0.15) is 5.75 Å². The number of thiophene rings is 1. The van der Waals surface area contributed by atoms with Crippen LogP contribution in [0.1, 0.15) is 16.6 Å². The molecule has 1 rings (SSSR count). The maximum atomic E-state index is 11.9. The molecule has 3 nitrogen and oxygen atoms in total. The summed E-state index contributed by atoms with van der Waals surface area (Å²) in [4.78, 5) is 14.3. The molecule has 0 radical (unpaired) electrons. The number of amides is 1. The third-order valence-corrected chi connectivity index (χ3v) is 3.11. The monoisotopic (exact) mass is 247 g/mol. The number of nitrogens with zero attached hydrogens (tertiary/aromatic N) is 1. The largest absolute Gasteiger partial charge is 0.496 e. The number of carbonyl (C=O) groups excluding carboxylic acids is 1. The number of halogens is 1. The van der Waals surface area contributed by atoms with E-state index in [-0.39, 0.29) is 5.91 Å². The molecule has 1 heterocycles. The van der Waals surface area contributed by atoms with Gasteiger partial charge in [0.05, 0.1) is 12.0 Å². The summed E-state index contributed by atoms with van der Waals surface area (Å²) in [6, 6.07) is 1.75. The lowest BCUT2D eigenvalue weighted by molar-refractivity contribution is 0.0778. The summed E-state index contributed by atoms with van der Waals surface area (Å²) < 4.78 is 5.03. The number of rotatable bonds is 5. The Morgan fingerprint density at radius 1 is 1.67 bits per heavy atom. The van der Waals surface area contributed by atoms with E-state index in [1.807, 2.05) is 12.3 Å². The minimum atomic E-state index is 0.0199. The predicted molar refractivity (Wildman–Crippen MR) is 63.2 cm³/mol. The van der Waals surface area contributed by atoms with Crippen LogP contribution in [-0.4, -0.2) is 36.9 Å². The third-order valence-electron chi connectivity index (χ3n) is 2.05. The zero-order valence-corrected chi connectivity index (χ0v) is 10.4. The van der Waals surface area contributed by atoms with Crippen LogP contribution in [-0.2, 0) is 0 Å². The molecule has 84 valence electrons. The molecule has 0 bridgehead atoms. The standard InChI is InChI=1S/C10H14ClNO2S/c1-3-12(5-4-11)10(13)9-6-8(14-2)7-15-9/h6-7H,3-5H2,1-2H3. The summed E-state index contributed by atoms with van der Waals surface area (Å²) in [5, 5.41) is 1.82. The molecule has 0 unspecified atom stereocenters. The van der Waals surface area contributed by atoms with E-state index in [2.05, 4.69) is 0 Å². The van der Waals surface area contributed by atoms with Crippen molar-refractivity contribution in [3.8, 4) is 5.75 Å². The molecule has 1 amide bonds. The van der Waals surface area contributed by atoms with Crippen molar-refractivity contribution in [1.29, 1.82) is 0 Å². The Hall–Kier alpha value is -0.740. The predicted octanol–water partition coefficient (Wildman–Crippen LogP) is 2.46. The normalized spacial score (nSPS) is 10.1. The lowest BCUT2D eigenvalue weighted by atomic mass is 10.4. The molecule has 0 aliphatic rings. The number of hydrogen-bond acceptors (Lipinski definition) is 3. The van der Waals surface area contributed by atoms with Crippen molar-refractivity contribution in [3.63, 3.8) is 0 Å². The number of methoxy groups -OCH3 is 1. The quantitative estimate of drug-likeness (QED) is 0.748. The van der Waals surface area contributed by atoms with Crippen molar-refractivity contribution in [3.05, 3.63) is 16.3 Å². The van der Waals surface area contributed by atoms with E-state index in [4.69, 9.17) is 16.3 Å². The van der Waals surface area contributed by atoms with E-state index >= 15 is 0 Å². The van der Waals surface area contributed by atoms with E-state index in [1.165, 1.54) is 11.3 Å². The smallest absolute Gasteiger partial charge is 0.264 e. The van der Waals surface area contributed by atoms with Crippen molar-refractivity contribution in [2.24, 2.45) is 0 Å². The highest BCUT2D eigenvalue weighted by Gasteiger charge is 2.15. The second-order valence-electron chi connectivity index (χ2n) is 2.92. The molecule has 15 heavy (non-hydrogen) atoms. The molecule has 0 aromatic carbocycles. The lowest BCUT2D eigenvalue weighted by Gasteiger charge is -2.18. The first-order valence-corrected chi connectivity index (χ1v) is 6.12. The summed E-state index contributed by atoms with van der Waals surface area (Å²) >= 11 is 7.02. The van der Waals surface area contributed by atoms with E-state index in [0.717, 1.165) is 5.75 Å². The molecular formula is C10H14ClNO2S. The highest BCUT2D eigenvalue weighted by atomic mass is 35.5. The molecule has 0 aliphatic carbocycles. The molecule has 0 fully saturated rings. The van der Waals surface area contributed by atoms with Gasteiger partial charge >= 0.3 is 0 Å². The van der Waals surface area contributed by atoms with Gasteiger partial charge in [0.15, 0.2) is 0 Å². The summed E-state index contributed by atoms with van der Waals surface area (Å²) in [5.74, 6) is 1.21. The summed E-state index contributed by atoms with van der Waals surface area (Å²) in [6.45, 7) is 3.19. The van der Waals surface area contributed by atoms with Crippen LogP contribution in [0.3, 0.4) is 0 Å².